The molecule has 0 spiro atoms. The van der Waals surface area contributed by atoms with E-state index in [1.54, 1.807) is 7.11 Å². The van der Waals surface area contributed by atoms with Gasteiger partial charge in [-0.2, -0.15) is 0 Å². The van der Waals surface area contributed by atoms with Crippen molar-refractivity contribution in [1.82, 2.24) is 0 Å². The van der Waals surface area contributed by atoms with Crippen molar-refractivity contribution in [2.75, 3.05) is 7.11 Å². The monoisotopic (exact) mass is 558 g/mol. The number of ketones is 1. The van der Waals surface area contributed by atoms with Gasteiger partial charge in [-0.3, -0.25) is 0 Å². The van der Waals surface area contributed by atoms with E-state index in [9.17, 15) is 0 Å². The molecule has 0 aromatic heterocycles. The summed E-state index contributed by atoms with van der Waals surface area (Å²) in [7, 11) is 1.66. The molecule has 0 bridgehead atoms. The minimum absolute atomic E-state index is 0. The molecule has 1 heterocycles. The van der Waals surface area contributed by atoms with E-state index in [4.69, 9.17) is 18.5 Å². The summed E-state index contributed by atoms with van der Waals surface area (Å²) in [5, 5.41) is 0. The molecule has 5 heteroatoms. The van der Waals surface area contributed by atoms with Crippen LogP contribution in [0.2, 0.25) is 0 Å². The number of fused-ring (bicyclic) bond motifs is 1. The van der Waals surface area contributed by atoms with E-state index in [2.05, 4.69) is 31.5 Å². The first kappa shape index (κ1) is 26.3. The molecule has 2 aromatic carbocycles. The minimum atomic E-state index is 0. The zero-order chi connectivity index (χ0) is 20.8. The van der Waals surface area contributed by atoms with E-state index in [1.165, 1.54) is 0 Å². The first-order valence-corrected chi connectivity index (χ1v) is 8.24. The largest absolute Gasteiger partial charge is 0.0767 e. The van der Waals surface area contributed by atoms with Gasteiger partial charge in [0.05, 0.1) is 14.0 Å². The maximum Gasteiger partial charge on any atom is 0.00506 e. The molecule has 0 amide bonds. The number of rotatable bonds is 2. The Labute approximate surface area is 185 Å². The molecular weight excluding hydrogens is 538 g/mol. The number of hydrogen-bond donors (Lipinski definition) is 0. The maximum absolute atomic E-state index is 7.50. The van der Waals surface area contributed by atoms with Crippen molar-refractivity contribution in [1.29, 1.82) is 0 Å². The second kappa shape index (κ2) is 15.2. The molecule has 29 heavy (non-hydrogen) atoms. The van der Waals surface area contributed by atoms with E-state index >= 15 is 0 Å². The van der Waals surface area contributed by atoms with Gasteiger partial charge in [-0.05, 0) is 6.08 Å². The van der Waals surface area contributed by atoms with Crippen molar-refractivity contribution >= 4 is 11.5 Å². The molecule has 0 saturated carbocycles. The van der Waals surface area contributed by atoms with Crippen molar-refractivity contribution in [2.45, 2.75) is 6.92 Å². The van der Waals surface area contributed by atoms with E-state index in [0.717, 1.165) is 34.0 Å². The number of benzene rings is 2. The minimum Gasteiger partial charge on any atom is -0.0767 e. The third-order valence-corrected chi connectivity index (χ3v) is 3.71. The summed E-state index contributed by atoms with van der Waals surface area (Å²) in [5.41, 5.74) is 3.20. The van der Waals surface area contributed by atoms with Crippen LogP contribution in [-0.4, -0.2) is 12.9 Å². The van der Waals surface area contributed by atoms with Crippen molar-refractivity contribution in [3.63, 3.8) is 0 Å². The third-order valence-electron chi connectivity index (χ3n) is 3.71. The number of methoxy groups -OCH3 is 1. The van der Waals surface area contributed by atoms with Crippen LogP contribution in [0.4, 0.5) is 0 Å². The fraction of sp³-hybridized carbons (Fsp3) is 0.0833. The number of carbonyl (C=O) groups excluding carboxylic acids is 1. The summed E-state index contributed by atoms with van der Waals surface area (Å²) in [4.78, 5) is 0. The molecule has 0 unspecified atom stereocenters. The van der Waals surface area contributed by atoms with Crippen LogP contribution in [-0.2, 0) is 29.7 Å². The van der Waals surface area contributed by atoms with Crippen LogP contribution < -0.4 is 4.74 Å². The average molecular weight is 558 g/mol. The Hall–Kier alpha value is -2.73. The Balaban J connectivity index is 0.000000667. The van der Waals surface area contributed by atoms with Gasteiger partial charge >= 0.3 is 28.4 Å². The predicted octanol–water partition coefficient (Wildman–Crippen LogP) is 4.88. The van der Waals surface area contributed by atoms with Crippen molar-refractivity contribution in [3.8, 4) is 5.75 Å². The molecule has 0 saturated heterocycles. The zero-order valence-electron chi connectivity index (χ0n) is 16.0. The van der Waals surface area contributed by atoms with Crippen molar-refractivity contribution in [3.05, 3.63) is 115 Å². The standard InChI is InChI=1S/C17H14O2.C5H5.2CO.Re/c1-12-15-5-3-4-6-16(15)17(19-12)11-13-7-9-14(18-2)10-8-13;1-2-4-5-3-1;2*1-2;/h3-10H,1-2H3;1-5H;;;. The molecule has 0 N–H and O–H groups in total. The average Bonchev–Trinajstić information content (AvgIpc) is 3.45. The smallest absolute Gasteiger partial charge is 0.00506 e. The molecule has 2 aliphatic rings. The van der Waals surface area contributed by atoms with Crippen LogP contribution >= 0.6 is 0 Å². The van der Waals surface area contributed by atoms with Crippen LogP contribution in [0.25, 0.3) is 5.76 Å². The Bertz CT molecular complexity index is 901. The van der Waals surface area contributed by atoms with Crippen LogP contribution in [0.15, 0.2) is 72.8 Å². The number of hydrogen-bond acceptors (Lipinski definition) is 1. The first-order valence-electron chi connectivity index (χ1n) is 8.24. The van der Waals surface area contributed by atoms with Crippen molar-refractivity contribution < 1.29 is 38.9 Å². The van der Waals surface area contributed by atoms with Gasteiger partial charge in [0.15, 0.2) is 0 Å². The summed E-state index contributed by atoms with van der Waals surface area (Å²) in [6.07, 6.45) is 13.3. The fourth-order valence-corrected chi connectivity index (χ4v) is 2.47. The normalized spacial score (nSPS) is 13.2. The number of allylic oxidation sites excluding steroid dienone is 4. The topological polar surface area (TPSA) is 60.3 Å². The van der Waals surface area contributed by atoms with E-state index in [-0.39, 0.29) is 20.4 Å². The second-order valence-electron chi connectivity index (χ2n) is 5.35. The van der Waals surface area contributed by atoms with E-state index < -0.39 is 0 Å². The van der Waals surface area contributed by atoms with Gasteiger partial charge in [-0.25, -0.2) is 4.42 Å². The van der Waals surface area contributed by atoms with E-state index in [0.29, 0.717) is 0 Å². The van der Waals surface area contributed by atoms with E-state index in [1.807, 2.05) is 74.0 Å². The molecule has 2 radical (unpaired) electrons. The number of ether oxygens (including phenoxy) is 1. The van der Waals surface area contributed by atoms with Crippen molar-refractivity contribution in [2.24, 2.45) is 0 Å². The van der Waals surface area contributed by atoms with Crippen LogP contribution in [0.5, 0.6) is 5.75 Å². The maximum atomic E-state index is 7.50. The van der Waals surface area contributed by atoms with Gasteiger partial charge < -0.3 is 4.74 Å². The molecule has 0 fully saturated rings. The molecule has 4 rings (SSSR count). The Kier molecular flexibility index (Phi) is 13.8. The quantitative estimate of drug-likeness (QED) is 0.384. The van der Waals surface area contributed by atoms with Gasteiger partial charge in [-0.15, -0.1) is 17.7 Å². The molecule has 1 aliphatic carbocycles. The second-order valence-corrected chi connectivity index (χ2v) is 5.35. The predicted molar refractivity (Wildman–Crippen MR) is 106 cm³/mol. The summed E-state index contributed by atoms with van der Waals surface area (Å²) in [5.74, 6) is 2.54. The third kappa shape index (κ3) is 8.04. The Morgan fingerprint density at radius 2 is 1.38 bits per heavy atom. The summed E-state index contributed by atoms with van der Waals surface area (Å²) >= 11 is 0. The molecule has 146 valence electrons. The molecule has 0 atom stereocenters. The van der Waals surface area contributed by atoms with Crippen LogP contribution in [0.1, 0.15) is 28.0 Å². The first-order chi connectivity index (χ1) is 13.8. The summed E-state index contributed by atoms with van der Waals surface area (Å²) < 4.78 is 25.9. The van der Waals surface area contributed by atoms with Gasteiger partial charge in [0.2, 0.25) is 0 Å². The molecular formula is C24H19O4Re. The zero-order valence-corrected chi connectivity index (χ0v) is 18.7. The van der Waals surface area contributed by atoms with Crippen LogP contribution in [0, 0.1) is 25.8 Å². The van der Waals surface area contributed by atoms with Gasteiger partial charge in [-0.1, -0.05) is 60.7 Å². The Morgan fingerprint density at radius 3 is 1.86 bits per heavy atom. The molecule has 1 aliphatic heterocycles. The molecule has 4 nitrogen and oxygen atoms in total. The Morgan fingerprint density at radius 1 is 0.828 bits per heavy atom. The molecule has 2 aromatic rings. The van der Waals surface area contributed by atoms with Crippen LogP contribution in [0.3, 0.4) is 0 Å². The summed E-state index contributed by atoms with van der Waals surface area (Å²) in [6, 6.07) is 15.9. The summed E-state index contributed by atoms with van der Waals surface area (Å²) in [6.45, 7) is 11.0. The SMILES string of the molecule is COc1ccc([C-]=C2[O+]=C(C)c3ccccc32)cc1.[C-]#[O+].[C-]#[O+].[CH]1C=CC=C1.[Re]. The van der Waals surface area contributed by atoms with Gasteiger partial charge in [0, 0.05) is 38.0 Å². The van der Waals surface area contributed by atoms with Gasteiger partial charge in [0.25, 0.3) is 5.76 Å². The van der Waals surface area contributed by atoms with Gasteiger partial charge in [0.1, 0.15) is 5.75 Å². The fourth-order valence-electron chi connectivity index (χ4n) is 2.47.